The van der Waals surface area contributed by atoms with E-state index in [1.807, 2.05) is 0 Å². The molecule has 0 spiro atoms. The van der Waals surface area contributed by atoms with Crippen LogP contribution < -0.4 is 11.5 Å². The highest BCUT2D eigenvalue weighted by Crippen LogP contribution is 2.34. The molecular formula is C30H26N20O4. The van der Waals surface area contributed by atoms with Crippen LogP contribution in [0.15, 0.2) is 82.2 Å². The standard InChI is InChI=1S/C30H26N20O4/c1-15-21(41-43-25-17(27(51)53-3)12-39-49(25)29-33-7-5-8-34-29)23(31)47(45-15)19-11-20(38-14-37-19)48-24(32)22(16(2)46-48)42-44-26-18(28(52)54-4)13-40-50(26)30-35-9-6-10-36-30/h5-14H,31-32H2,1-4H3/b43-41+,44-42+. The maximum atomic E-state index is 12.5. The topological polar surface area (TPSA) is 303 Å². The van der Waals surface area contributed by atoms with Gasteiger partial charge in [0.2, 0.25) is 0 Å². The monoisotopic (exact) mass is 730 g/mol. The minimum absolute atomic E-state index is 0.000720. The predicted octanol–water partition coefficient (Wildman–Crippen LogP) is 2.98. The number of rotatable bonds is 10. The van der Waals surface area contributed by atoms with Crippen LogP contribution in [-0.2, 0) is 9.47 Å². The van der Waals surface area contributed by atoms with Gasteiger partial charge < -0.3 is 20.9 Å². The van der Waals surface area contributed by atoms with Crippen LogP contribution in [0.5, 0.6) is 0 Å². The summed E-state index contributed by atoms with van der Waals surface area (Å²) in [6.45, 7) is 3.32. The number of esters is 2. The van der Waals surface area contributed by atoms with Crippen molar-refractivity contribution in [1.82, 2.24) is 69.0 Å². The van der Waals surface area contributed by atoms with Gasteiger partial charge in [-0.05, 0) is 26.0 Å². The molecule has 7 aromatic heterocycles. The molecule has 0 aliphatic heterocycles. The largest absolute Gasteiger partial charge is 0.465 e. The Hall–Kier alpha value is -8.18. The molecule has 7 rings (SSSR count). The first kappa shape index (κ1) is 34.3. The highest BCUT2D eigenvalue weighted by atomic mass is 16.5. The molecule has 24 nitrogen and oxygen atoms in total. The number of nitrogens with two attached hydrogens (primary N) is 2. The summed E-state index contributed by atoms with van der Waals surface area (Å²) < 4.78 is 14.9. The number of carbonyl (C=O) groups is 2. The van der Waals surface area contributed by atoms with Gasteiger partial charge in [0, 0.05) is 30.9 Å². The zero-order valence-corrected chi connectivity index (χ0v) is 28.6. The number of anilines is 2. The molecule has 0 saturated carbocycles. The number of hydrogen-bond acceptors (Lipinski definition) is 20. The number of hydrogen-bond donors (Lipinski definition) is 2. The Bertz CT molecular complexity index is 2400. The van der Waals surface area contributed by atoms with E-state index in [2.05, 4.69) is 70.8 Å². The number of nitrogen functional groups attached to an aromatic ring is 2. The van der Waals surface area contributed by atoms with Crippen LogP contribution in [0.1, 0.15) is 32.1 Å². The lowest BCUT2D eigenvalue weighted by molar-refractivity contribution is 0.0592. The van der Waals surface area contributed by atoms with E-state index < -0.39 is 11.9 Å². The Morgan fingerprint density at radius 1 is 0.611 bits per heavy atom. The number of ether oxygens (including phenoxy) is 2. The van der Waals surface area contributed by atoms with Crippen LogP contribution in [0.25, 0.3) is 23.5 Å². The Kier molecular flexibility index (Phi) is 9.02. The molecule has 0 aliphatic carbocycles. The number of methoxy groups -OCH3 is 2. The lowest BCUT2D eigenvalue weighted by Crippen LogP contribution is -2.09. The normalized spacial score (nSPS) is 11.5. The summed E-state index contributed by atoms with van der Waals surface area (Å²) in [6.07, 6.45) is 9.83. The van der Waals surface area contributed by atoms with Gasteiger partial charge in [0.1, 0.15) is 17.5 Å². The first-order valence-electron chi connectivity index (χ1n) is 15.4. The van der Waals surface area contributed by atoms with Crippen molar-refractivity contribution in [2.45, 2.75) is 13.8 Å². The van der Waals surface area contributed by atoms with Crippen LogP contribution in [0.3, 0.4) is 0 Å². The van der Waals surface area contributed by atoms with Gasteiger partial charge >= 0.3 is 11.9 Å². The Morgan fingerprint density at radius 2 is 1.02 bits per heavy atom. The molecule has 0 fully saturated rings. The highest BCUT2D eigenvalue weighted by molar-refractivity contribution is 5.94. The van der Waals surface area contributed by atoms with Crippen LogP contribution in [0, 0.1) is 13.8 Å². The number of aryl methyl sites for hydroxylation is 2. The zero-order valence-electron chi connectivity index (χ0n) is 28.6. The summed E-state index contributed by atoms with van der Waals surface area (Å²) in [6, 6.07) is 4.78. The van der Waals surface area contributed by atoms with Crippen LogP contribution >= 0.6 is 0 Å². The molecule has 24 heteroatoms. The number of nitrogens with zero attached hydrogens (tertiary/aromatic N) is 18. The molecule has 0 atom stereocenters. The second-order valence-electron chi connectivity index (χ2n) is 10.8. The second-order valence-corrected chi connectivity index (χ2v) is 10.8. The van der Waals surface area contributed by atoms with E-state index in [0.29, 0.717) is 11.4 Å². The van der Waals surface area contributed by atoms with Crippen LogP contribution in [0.4, 0.5) is 34.6 Å². The minimum Gasteiger partial charge on any atom is -0.465 e. The second kappa shape index (κ2) is 14.2. The third-order valence-corrected chi connectivity index (χ3v) is 7.47. The fraction of sp³-hybridized carbons (Fsp3) is 0.133. The van der Waals surface area contributed by atoms with Gasteiger partial charge in [-0.2, -0.15) is 39.1 Å². The summed E-state index contributed by atoms with van der Waals surface area (Å²) >= 11 is 0. The maximum absolute atomic E-state index is 12.5. The highest BCUT2D eigenvalue weighted by Gasteiger charge is 2.24. The van der Waals surface area contributed by atoms with Crippen molar-refractivity contribution in [3.63, 3.8) is 0 Å². The number of carbonyl (C=O) groups excluding carboxylic acids is 2. The fourth-order valence-corrected chi connectivity index (χ4v) is 4.91. The maximum Gasteiger partial charge on any atom is 0.343 e. The zero-order chi connectivity index (χ0) is 37.9. The lowest BCUT2D eigenvalue weighted by Gasteiger charge is -2.06. The Morgan fingerprint density at radius 3 is 1.41 bits per heavy atom. The quantitative estimate of drug-likeness (QED) is 0.151. The number of aromatic nitrogens is 14. The molecule has 4 N–H and O–H groups in total. The molecule has 270 valence electrons. The van der Waals surface area contributed by atoms with Crippen LogP contribution in [-0.4, -0.2) is 95.2 Å². The van der Waals surface area contributed by atoms with Crippen molar-refractivity contribution in [2.24, 2.45) is 20.5 Å². The molecule has 0 aromatic carbocycles. The predicted molar refractivity (Wildman–Crippen MR) is 184 cm³/mol. The van der Waals surface area contributed by atoms with Crippen LogP contribution in [0.2, 0.25) is 0 Å². The van der Waals surface area contributed by atoms with E-state index in [4.69, 9.17) is 20.9 Å². The molecule has 0 radical (unpaired) electrons. The molecule has 54 heavy (non-hydrogen) atoms. The van der Waals surface area contributed by atoms with Gasteiger partial charge in [0.25, 0.3) is 11.9 Å². The first-order chi connectivity index (χ1) is 26.2. The van der Waals surface area contributed by atoms with E-state index in [1.165, 1.54) is 82.5 Å². The number of azo groups is 2. The van der Waals surface area contributed by atoms with Gasteiger partial charge in [-0.3, -0.25) is 0 Å². The smallest absolute Gasteiger partial charge is 0.343 e. The van der Waals surface area contributed by atoms with Gasteiger partial charge in [-0.15, -0.1) is 20.5 Å². The van der Waals surface area contributed by atoms with Gasteiger partial charge in [0.05, 0.1) is 38.0 Å². The van der Waals surface area contributed by atoms with E-state index >= 15 is 0 Å². The van der Waals surface area contributed by atoms with Crippen molar-refractivity contribution in [3.05, 3.63) is 84.2 Å². The minimum atomic E-state index is -0.697. The summed E-state index contributed by atoms with van der Waals surface area (Å²) in [4.78, 5) is 50.3. The van der Waals surface area contributed by atoms with E-state index in [-0.39, 0.29) is 69.3 Å². The van der Waals surface area contributed by atoms with Crippen molar-refractivity contribution >= 4 is 46.6 Å². The van der Waals surface area contributed by atoms with E-state index in [1.54, 1.807) is 26.0 Å². The van der Waals surface area contributed by atoms with E-state index in [9.17, 15) is 9.59 Å². The molecule has 0 aliphatic rings. The average molecular weight is 731 g/mol. The third-order valence-electron chi connectivity index (χ3n) is 7.47. The van der Waals surface area contributed by atoms with E-state index in [0.717, 1.165) is 0 Å². The molecule has 0 unspecified atom stereocenters. The van der Waals surface area contributed by atoms with Crippen molar-refractivity contribution in [1.29, 1.82) is 0 Å². The fourth-order valence-electron chi connectivity index (χ4n) is 4.91. The summed E-state index contributed by atoms with van der Waals surface area (Å²) in [5.41, 5.74) is 14.1. The summed E-state index contributed by atoms with van der Waals surface area (Å²) in [7, 11) is 2.46. The Labute approximate surface area is 302 Å². The molecule has 7 aromatic rings. The molecule has 0 saturated heterocycles. The SMILES string of the molecule is COC(=O)c1cnn(-c2ncccn2)c1/N=N/c1c(C)nn(-c2cc(-n3nc(C)c(/N=N/c4c(C(=O)OC)cnn4-c4ncccn4)c3N)ncn2)c1N. The molecule has 0 amide bonds. The van der Waals surface area contributed by atoms with Crippen molar-refractivity contribution in [3.8, 4) is 23.5 Å². The van der Waals surface area contributed by atoms with Gasteiger partial charge in [0.15, 0.2) is 46.3 Å². The third kappa shape index (κ3) is 6.20. The van der Waals surface area contributed by atoms with Crippen molar-refractivity contribution < 1.29 is 19.1 Å². The van der Waals surface area contributed by atoms with Crippen molar-refractivity contribution in [2.75, 3.05) is 25.7 Å². The Balaban J connectivity index is 1.21. The first-order valence-corrected chi connectivity index (χ1v) is 15.4. The average Bonchev–Trinajstić information content (AvgIpc) is 3.96. The molecule has 0 bridgehead atoms. The molecular weight excluding hydrogens is 704 g/mol. The lowest BCUT2D eigenvalue weighted by atomic mass is 10.3. The molecule has 7 heterocycles. The summed E-state index contributed by atoms with van der Waals surface area (Å²) in [5.74, 6) is -0.532. The summed E-state index contributed by atoms with van der Waals surface area (Å²) in [5, 5.41) is 34.5. The van der Waals surface area contributed by atoms with Gasteiger partial charge in [-0.25, -0.2) is 39.5 Å². The van der Waals surface area contributed by atoms with Gasteiger partial charge in [-0.1, -0.05) is 0 Å².